The summed E-state index contributed by atoms with van der Waals surface area (Å²) in [5.74, 6) is 0.885. The third-order valence-electron chi connectivity index (χ3n) is 4.12. The van der Waals surface area contributed by atoms with Crippen molar-refractivity contribution in [1.29, 1.82) is 0 Å². The lowest BCUT2D eigenvalue weighted by molar-refractivity contribution is -0.117. The van der Waals surface area contributed by atoms with Gasteiger partial charge in [0.25, 0.3) is 0 Å². The van der Waals surface area contributed by atoms with E-state index in [9.17, 15) is 9.59 Å². The highest BCUT2D eigenvalue weighted by Gasteiger charge is 2.07. The Balaban J connectivity index is 1.84. The maximum Gasteiger partial charge on any atom is 0.244 e. The van der Waals surface area contributed by atoms with E-state index in [0.717, 1.165) is 21.3 Å². The molecule has 7 heteroatoms. The van der Waals surface area contributed by atoms with Gasteiger partial charge in [-0.15, -0.1) is 0 Å². The van der Waals surface area contributed by atoms with Crippen LogP contribution < -0.4 is 20.1 Å². The number of ether oxygens (including phenoxy) is 2. The van der Waals surface area contributed by atoms with Crippen LogP contribution in [0.4, 0.5) is 5.69 Å². The molecule has 0 atom stereocenters. The number of anilines is 1. The van der Waals surface area contributed by atoms with Crippen LogP contribution in [0.1, 0.15) is 31.4 Å². The first kappa shape index (κ1) is 23.5. The SMILES string of the molecule is CCOc1ccc(/C=C/C(=O)NCCC(=O)Nc2cc(Br)ccc2C)cc1OCC. The number of nitrogens with one attached hydrogen (secondary N) is 2. The summed E-state index contributed by atoms with van der Waals surface area (Å²) in [4.78, 5) is 24.1. The Morgan fingerprint density at radius 2 is 1.77 bits per heavy atom. The first-order valence-electron chi connectivity index (χ1n) is 9.84. The van der Waals surface area contributed by atoms with E-state index in [1.807, 2.05) is 57.2 Å². The molecule has 0 aliphatic rings. The summed E-state index contributed by atoms with van der Waals surface area (Å²) in [6, 6.07) is 11.2. The van der Waals surface area contributed by atoms with Crippen LogP contribution >= 0.6 is 15.9 Å². The number of rotatable bonds is 10. The van der Waals surface area contributed by atoms with Crippen LogP contribution in [-0.4, -0.2) is 31.6 Å². The fourth-order valence-electron chi connectivity index (χ4n) is 2.64. The van der Waals surface area contributed by atoms with Crippen molar-refractivity contribution in [2.75, 3.05) is 25.1 Å². The van der Waals surface area contributed by atoms with Crippen molar-refractivity contribution in [2.45, 2.75) is 27.2 Å². The molecule has 2 aromatic rings. The highest BCUT2D eigenvalue weighted by molar-refractivity contribution is 9.10. The zero-order chi connectivity index (χ0) is 21.9. The Labute approximate surface area is 185 Å². The van der Waals surface area contributed by atoms with E-state index in [4.69, 9.17) is 9.47 Å². The summed E-state index contributed by atoms with van der Waals surface area (Å²) < 4.78 is 12.0. The normalized spacial score (nSPS) is 10.7. The first-order valence-corrected chi connectivity index (χ1v) is 10.6. The first-order chi connectivity index (χ1) is 14.4. The lowest BCUT2D eigenvalue weighted by Gasteiger charge is -2.11. The summed E-state index contributed by atoms with van der Waals surface area (Å²) in [6.45, 7) is 7.05. The smallest absolute Gasteiger partial charge is 0.244 e. The number of benzene rings is 2. The minimum absolute atomic E-state index is 0.159. The van der Waals surface area contributed by atoms with Gasteiger partial charge in [0, 0.05) is 29.2 Å². The monoisotopic (exact) mass is 474 g/mol. The summed E-state index contributed by atoms with van der Waals surface area (Å²) in [5, 5.41) is 5.57. The van der Waals surface area contributed by atoms with E-state index >= 15 is 0 Å². The van der Waals surface area contributed by atoms with Crippen molar-refractivity contribution in [2.24, 2.45) is 0 Å². The van der Waals surface area contributed by atoms with Crippen molar-refractivity contribution >= 4 is 39.5 Å². The third kappa shape index (κ3) is 7.55. The molecule has 0 aromatic heterocycles. The van der Waals surface area contributed by atoms with E-state index in [-0.39, 0.29) is 24.8 Å². The Kier molecular flexibility index (Phi) is 9.41. The Morgan fingerprint density at radius 3 is 2.50 bits per heavy atom. The van der Waals surface area contributed by atoms with Crippen LogP contribution in [0.2, 0.25) is 0 Å². The van der Waals surface area contributed by atoms with Gasteiger partial charge in [-0.3, -0.25) is 9.59 Å². The average Bonchev–Trinajstić information content (AvgIpc) is 2.71. The lowest BCUT2D eigenvalue weighted by atomic mass is 10.2. The van der Waals surface area contributed by atoms with Gasteiger partial charge in [-0.2, -0.15) is 0 Å². The molecular weight excluding hydrogens is 448 g/mol. The van der Waals surface area contributed by atoms with Gasteiger partial charge >= 0.3 is 0 Å². The molecule has 2 amide bonds. The van der Waals surface area contributed by atoms with E-state index in [2.05, 4.69) is 26.6 Å². The summed E-state index contributed by atoms with van der Waals surface area (Å²) >= 11 is 3.39. The number of carbonyl (C=O) groups is 2. The zero-order valence-electron chi connectivity index (χ0n) is 17.5. The van der Waals surface area contributed by atoms with Gasteiger partial charge in [0.15, 0.2) is 11.5 Å². The van der Waals surface area contributed by atoms with Gasteiger partial charge in [-0.1, -0.05) is 28.1 Å². The molecule has 0 aliphatic heterocycles. The number of carbonyl (C=O) groups excluding carboxylic acids is 2. The Bertz CT molecular complexity index is 912. The topological polar surface area (TPSA) is 76.7 Å². The second-order valence-corrected chi connectivity index (χ2v) is 7.37. The van der Waals surface area contributed by atoms with Gasteiger partial charge in [0.1, 0.15) is 0 Å². The number of aryl methyl sites for hydroxylation is 1. The molecule has 2 rings (SSSR count). The summed E-state index contributed by atoms with van der Waals surface area (Å²) in [7, 11) is 0. The summed E-state index contributed by atoms with van der Waals surface area (Å²) in [6.07, 6.45) is 3.31. The van der Waals surface area contributed by atoms with Crippen LogP contribution in [0.15, 0.2) is 46.9 Å². The second kappa shape index (κ2) is 12.0. The molecule has 0 radical (unpaired) electrons. The highest BCUT2D eigenvalue weighted by Crippen LogP contribution is 2.29. The van der Waals surface area contributed by atoms with E-state index in [0.29, 0.717) is 24.7 Å². The molecule has 0 saturated heterocycles. The van der Waals surface area contributed by atoms with Crippen LogP contribution in [0.3, 0.4) is 0 Å². The molecule has 30 heavy (non-hydrogen) atoms. The van der Waals surface area contributed by atoms with Gasteiger partial charge < -0.3 is 20.1 Å². The number of hydrogen-bond acceptors (Lipinski definition) is 4. The van der Waals surface area contributed by atoms with E-state index in [1.165, 1.54) is 6.08 Å². The number of amides is 2. The molecule has 2 aromatic carbocycles. The van der Waals surface area contributed by atoms with E-state index in [1.54, 1.807) is 6.08 Å². The van der Waals surface area contributed by atoms with Gasteiger partial charge in [-0.25, -0.2) is 0 Å². The van der Waals surface area contributed by atoms with Gasteiger partial charge in [-0.05, 0) is 62.2 Å². The lowest BCUT2D eigenvalue weighted by Crippen LogP contribution is -2.26. The number of hydrogen-bond donors (Lipinski definition) is 2. The third-order valence-corrected chi connectivity index (χ3v) is 4.61. The van der Waals surface area contributed by atoms with Gasteiger partial charge in [0.05, 0.1) is 13.2 Å². The molecule has 0 fully saturated rings. The fourth-order valence-corrected chi connectivity index (χ4v) is 3.00. The van der Waals surface area contributed by atoms with Crippen LogP contribution in [-0.2, 0) is 9.59 Å². The van der Waals surface area contributed by atoms with Gasteiger partial charge in [0.2, 0.25) is 11.8 Å². The van der Waals surface area contributed by atoms with Crippen LogP contribution in [0, 0.1) is 6.92 Å². The quantitative estimate of drug-likeness (QED) is 0.488. The standard InChI is InChI=1S/C23H27BrN2O4/c1-4-29-20-10-7-17(14-21(20)30-5-2)8-11-22(27)25-13-12-23(28)26-19-15-18(24)9-6-16(19)3/h6-11,14-15H,4-5,12-13H2,1-3H3,(H,25,27)(H,26,28)/b11-8+. The molecule has 6 nitrogen and oxygen atoms in total. The zero-order valence-corrected chi connectivity index (χ0v) is 19.0. The highest BCUT2D eigenvalue weighted by atomic mass is 79.9. The molecular formula is C23H27BrN2O4. The second-order valence-electron chi connectivity index (χ2n) is 6.45. The fraction of sp³-hybridized carbons (Fsp3) is 0.304. The predicted octanol–water partition coefficient (Wildman–Crippen LogP) is 4.71. The molecule has 2 N–H and O–H groups in total. The minimum atomic E-state index is -0.270. The van der Waals surface area contributed by atoms with E-state index < -0.39 is 0 Å². The molecule has 0 saturated carbocycles. The molecule has 0 spiro atoms. The van der Waals surface area contributed by atoms with Crippen molar-refractivity contribution < 1.29 is 19.1 Å². The molecule has 0 bridgehead atoms. The van der Waals surface area contributed by atoms with Crippen molar-refractivity contribution in [3.05, 3.63) is 58.1 Å². The van der Waals surface area contributed by atoms with Crippen molar-refractivity contribution in [1.82, 2.24) is 5.32 Å². The van der Waals surface area contributed by atoms with Crippen molar-refractivity contribution in [3.8, 4) is 11.5 Å². The maximum absolute atomic E-state index is 12.1. The molecule has 0 heterocycles. The van der Waals surface area contributed by atoms with Crippen LogP contribution in [0.5, 0.6) is 11.5 Å². The average molecular weight is 475 g/mol. The largest absolute Gasteiger partial charge is 0.490 e. The van der Waals surface area contributed by atoms with Crippen LogP contribution in [0.25, 0.3) is 6.08 Å². The molecule has 0 aliphatic carbocycles. The predicted molar refractivity (Wildman–Crippen MR) is 123 cm³/mol. The summed E-state index contributed by atoms with van der Waals surface area (Å²) in [5.41, 5.74) is 2.54. The Hall–Kier alpha value is -2.80. The Morgan fingerprint density at radius 1 is 1.03 bits per heavy atom. The maximum atomic E-state index is 12.1. The number of halogens is 1. The molecule has 160 valence electrons. The van der Waals surface area contributed by atoms with Crippen molar-refractivity contribution in [3.63, 3.8) is 0 Å². The minimum Gasteiger partial charge on any atom is -0.490 e. The molecule has 0 unspecified atom stereocenters.